The lowest BCUT2D eigenvalue weighted by Gasteiger charge is -2.40. The number of ether oxygens (including phenoxy) is 2. The zero-order chi connectivity index (χ0) is 38.1. The Kier molecular flexibility index (Phi) is 30.8. The molecule has 0 aromatic carbocycles. The Morgan fingerprint density at radius 3 is 1.77 bits per heavy atom. The molecule has 1 amide bonds. The lowest BCUT2D eigenvalue weighted by Crippen LogP contribution is -2.60. The second-order valence-corrected chi connectivity index (χ2v) is 14.1. The highest BCUT2D eigenvalue weighted by Crippen LogP contribution is 2.23. The van der Waals surface area contributed by atoms with Crippen molar-refractivity contribution in [2.24, 2.45) is 0 Å². The van der Waals surface area contributed by atoms with Crippen LogP contribution in [0.3, 0.4) is 0 Å². The Bertz CT molecular complexity index is 994. The fourth-order valence-corrected chi connectivity index (χ4v) is 6.07. The number of aliphatic hydroxyl groups is 5. The van der Waals surface area contributed by atoms with Gasteiger partial charge in [0.1, 0.15) is 24.4 Å². The second kappa shape index (κ2) is 33.5. The van der Waals surface area contributed by atoms with Crippen molar-refractivity contribution in [3.8, 4) is 0 Å². The van der Waals surface area contributed by atoms with Crippen molar-refractivity contribution in [1.29, 1.82) is 0 Å². The van der Waals surface area contributed by atoms with Gasteiger partial charge in [-0.1, -0.05) is 145 Å². The number of nitrogens with one attached hydrogen (secondary N) is 1. The summed E-state index contributed by atoms with van der Waals surface area (Å²) >= 11 is 0. The summed E-state index contributed by atoms with van der Waals surface area (Å²) < 4.78 is 11.1. The number of carbonyl (C=O) groups is 1. The van der Waals surface area contributed by atoms with Gasteiger partial charge < -0.3 is 40.3 Å². The average molecular weight is 734 g/mol. The van der Waals surface area contributed by atoms with Crippen molar-refractivity contribution in [2.75, 3.05) is 13.2 Å². The van der Waals surface area contributed by atoms with Crippen molar-refractivity contribution in [3.63, 3.8) is 0 Å². The first-order valence-electron chi connectivity index (χ1n) is 20.5. The molecule has 9 heteroatoms. The maximum absolute atomic E-state index is 12.8. The molecule has 1 rings (SSSR count). The summed E-state index contributed by atoms with van der Waals surface area (Å²) in [5.74, 6) is -0.165. The second-order valence-electron chi connectivity index (χ2n) is 14.1. The molecule has 0 saturated carbocycles. The fraction of sp³-hybridized carbons (Fsp3) is 0.744. The quantitative estimate of drug-likeness (QED) is 0.0305. The van der Waals surface area contributed by atoms with Crippen molar-refractivity contribution in [2.45, 2.75) is 192 Å². The van der Waals surface area contributed by atoms with E-state index in [2.05, 4.69) is 79.9 Å². The smallest absolute Gasteiger partial charge is 0.220 e. The maximum atomic E-state index is 12.8. The van der Waals surface area contributed by atoms with Crippen LogP contribution in [0.25, 0.3) is 0 Å². The molecule has 0 radical (unpaired) electrons. The summed E-state index contributed by atoms with van der Waals surface area (Å²) in [6.45, 7) is 3.61. The Morgan fingerprint density at radius 2 is 1.19 bits per heavy atom. The highest BCUT2D eigenvalue weighted by molar-refractivity contribution is 5.76. The van der Waals surface area contributed by atoms with E-state index < -0.39 is 49.5 Å². The van der Waals surface area contributed by atoms with E-state index in [0.717, 1.165) is 89.9 Å². The van der Waals surface area contributed by atoms with Gasteiger partial charge in [0.25, 0.3) is 0 Å². The van der Waals surface area contributed by atoms with Crippen LogP contribution < -0.4 is 5.32 Å². The van der Waals surface area contributed by atoms with E-state index in [1.54, 1.807) is 0 Å². The monoisotopic (exact) mass is 734 g/mol. The van der Waals surface area contributed by atoms with E-state index >= 15 is 0 Å². The average Bonchev–Trinajstić information content (AvgIpc) is 3.14. The van der Waals surface area contributed by atoms with Crippen LogP contribution in [-0.4, -0.2) is 87.5 Å². The summed E-state index contributed by atoms with van der Waals surface area (Å²) in [7, 11) is 0. The summed E-state index contributed by atoms with van der Waals surface area (Å²) in [5.41, 5.74) is 0. The molecule has 300 valence electrons. The minimum absolute atomic E-state index is 0.148. The summed E-state index contributed by atoms with van der Waals surface area (Å²) in [5, 5.41) is 53.8. The standard InChI is InChI=1S/C43H75NO8/c1-3-5-7-9-11-12-13-14-15-16-17-18-19-20-21-22-23-24-25-26-27-29-31-33-39(47)44-36(37(46)32-30-28-10-8-6-4-2)35-51-43-42(50)41(49)40(48)38(34-45)52-43/h5,7,11-12,14-15,17-18,20-21,36-38,40-43,45-46,48-50H,3-4,6,8-10,13,16,19,22-35H2,1-2H3,(H,44,47)/b7-5-,12-11-,15-14-,18-17-,21-20-. The van der Waals surface area contributed by atoms with Gasteiger partial charge in [-0.2, -0.15) is 0 Å². The van der Waals surface area contributed by atoms with E-state index in [0.29, 0.717) is 12.8 Å². The number of allylic oxidation sites excluding steroid dienone is 10. The van der Waals surface area contributed by atoms with Crippen LogP contribution in [-0.2, 0) is 14.3 Å². The molecular formula is C43H75NO8. The van der Waals surface area contributed by atoms with E-state index in [1.807, 2.05) is 0 Å². The Morgan fingerprint density at radius 1 is 0.673 bits per heavy atom. The minimum Gasteiger partial charge on any atom is -0.394 e. The molecule has 1 aliphatic heterocycles. The van der Waals surface area contributed by atoms with Gasteiger partial charge in [0, 0.05) is 6.42 Å². The highest BCUT2D eigenvalue weighted by atomic mass is 16.7. The topological polar surface area (TPSA) is 149 Å². The maximum Gasteiger partial charge on any atom is 0.220 e. The molecule has 7 unspecified atom stereocenters. The number of aliphatic hydroxyl groups excluding tert-OH is 5. The zero-order valence-corrected chi connectivity index (χ0v) is 32.5. The largest absolute Gasteiger partial charge is 0.394 e. The third-order valence-electron chi connectivity index (χ3n) is 9.39. The van der Waals surface area contributed by atoms with Gasteiger partial charge in [-0.05, 0) is 57.8 Å². The van der Waals surface area contributed by atoms with Gasteiger partial charge in [0.15, 0.2) is 6.29 Å². The zero-order valence-electron chi connectivity index (χ0n) is 32.5. The van der Waals surface area contributed by atoms with Gasteiger partial charge in [0.05, 0.1) is 25.4 Å². The fourth-order valence-electron chi connectivity index (χ4n) is 6.07. The Balaban J connectivity index is 2.25. The molecule has 0 bridgehead atoms. The van der Waals surface area contributed by atoms with Crippen molar-refractivity contribution in [1.82, 2.24) is 5.32 Å². The van der Waals surface area contributed by atoms with Gasteiger partial charge in [0.2, 0.25) is 5.91 Å². The number of carbonyl (C=O) groups excluding carboxylic acids is 1. The number of unbranched alkanes of at least 4 members (excludes halogenated alkanes) is 12. The molecule has 0 spiro atoms. The molecule has 1 heterocycles. The molecule has 9 nitrogen and oxygen atoms in total. The van der Waals surface area contributed by atoms with Crippen molar-refractivity contribution < 1.29 is 39.8 Å². The first-order valence-corrected chi connectivity index (χ1v) is 20.5. The van der Waals surface area contributed by atoms with Crippen LogP contribution in [0, 0.1) is 0 Å². The van der Waals surface area contributed by atoms with Crippen molar-refractivity contribution >= 4 is 5.91 Å². The van der Waals surface area contributed by atoms with E-state index in [1.165, 1.54) is 32.1 Å². The summed E-state index contributed by atoms with van der Waals surface area (Å²) in [6, 6.07) is -0.724. The molecule has 1 saturated heterocycles. The SMILES string of the molecule is CC/C=C\C/C=C\C/C=C\C/C=C\C/C=C\CCCCCCCCCC(=O)NC(COC1OC(CO)C(O)C(O)C1O)C(O)CCCCCCCC. The van der Waals surface area contributed by atoms with Gasteiger partial charge in [-0.3, -0.25) is 4.79 Å². The predicted molar refractivity (Wildman–Crippen MR) is 212 cm³/mol. The number of hydrogen-bond acceptors (Lipinski definition) is 8. The predicted octanol–water partition coefficient (Wildman–Crippen LogP) is 7.66. The molecule has 1 fully saturated rings. The van der Waals surface area contributed by atoms with Crippen LogP contribution in [0.1, 0.15) is 149 Å². The van der Waals surface area contributed by atoms with Crippen LogP contribution >= 0.6 is 0 Å². The molecule has 1 aliphatic rings. The van der Waals surface area contributed by atoms with Crippen molar-refractivity contribution in [3.05, 3.63) is 60.8 Å². The van der Waals surface area contributed by atoms with Gasteiger partial charge in [-0.25, -0.2) is 0 Å². The van der Waals surface area contributed by atoms with E-state index in [4.69, 9.17) is 9.47 Å². The number of hydrogen-bond donors (Lipinski definition) is 6. The number of rotatable bonds is 32. The van der Waals surface area contributed by atoms with Crippen LogP contribution in [0.4, 0.5) is 0 Å². The van der Waals surface area contributed by atoms with Gasteiger partial charge in [-0.15, -0.1) is 0 Å². The van der Waals surface area contributed by atoms with Crippen LogP contribution in [0.5, 0.6) is 0 Å². The molecule has 6 N–H and O–H groups in total. The molecule has 7 atom stereocenters. The molecule has 52 heavy (non-hydrogen) atoms. The molecule has 0 aromatic rings. The Hall–Kier alpha value is -2.11. The molecule has 0 aromatic heterocycles. The Labute approximate surface area is 316 Å². The summed E-state index contributed by atoms with van der Waals surface area (Å²) in [4.78, 5) is 12.8. The van der Waals surface area contributed by atoms with E-state index in [-0.39, 0.29) is 12.5 Å². The van der Waals surface area contributed by atoms with E-state index in [9.17, 15) is 30.3 Å². The first-order chi connectivity index (χ1) is 25.3. The third kappa shape index (κ3) is 24.3. The van der Waals surface area contributed by atoms with Crippen LogP contribution in [0.2, 0.25) is 0 Å². The molecule has 0 aliphatic carbocycles. The normalized spacial score (nSPS) is 22.5. The number of amides is 1. The summed E-state index contributed by atoms with van der Waals surface area (Å²) in [6.07, 6.45) is 35.4. The first kappa shape index (κ1) is 47.9. The van der Waals surface area contributed by atoms with Crippen LogP contribution in [0.15, 0.2) is 60.8 Å². The lowest BCUT2D eigenvalue weighted by atomic mass is 9.99. The highest BCUT2D eigenvalue weighted by Gasteiger charge is 2.44. The lowest BCUT2D eigenvalue weighted by molar-refractivity contribution is -0.302. The third-order valence-corrected chi connectivity index (χ3v) is 9.39. The molecular weight excluding hydrogens is 658 g/mol. The van der Waals surface area contributed by atoms with Gasteiger partial charge >= 0.3 is 0 Å². The minimum atomic E-state index is -1.55.